The monoisotopic (exact) mass is 240 g/mol. The van der Waals surface area contributed by atoms with E-state index in [0.29, 0.717) is 13.0 Å². The molecular formula is C12H24N4O. The van der Waals surface area contributed by atoms with Crippen LogP contribution in [0.1, 0.15) is 45.3 Å². The highest BCUT2D eigenvalue weighted by atomic mass is 16.3. The molecule has 1 aromatic heterocycles. The summed E-state index contributed by atoms with van der Waals surface area (Å²) >= 11 is 0. The molecule has 1 heterocycles. The van der Waals surface area contributed by atoms with E-state index in [-0.39, 0.29) is 0 Å². The largest absolute Gasteiger partial charge is 0.389 e. The summed E-state index contributed by atoms with van der Waals surface area (Å²) in [4.78, 5) is 4.45. The maximum atomic E-state index is 9.81. The van der Waals surface area contributed by atoms with Crippen LogP contribution in [0.25, 0.3) is 0 Å². The molecule has 0 bridgehead atoms. The zero-order chi connectivity index (χ0) is 12.9. The smallest absolute Gasteiger partial charge is 0.150 e. The Kier molecular flexibility index (Phi) is 5.08. The van der Waals surface area contributed by atoms with E-state index in [0.717, 1.165) is 37.5 Å². The summed E-state index contributed by atoms with van der Waals surface area (Å²) in [6, 6.07) is 0. The van der Waals surface area contributed by atoms with Crippen molar-refractivity contribution in [2.45, 2.75) is 58.6 Å². The second kappa shape index (κ2) is 6.12. The fourth-order valence-corrected chi connectivity index (χ4v) is 1.73. The minimum atomic E-state index is -0.763. The fraction of sp³-hybridized carbons (Fsp3) is 0.833. The van der Waals surface area contributed by atoms with Crippen LogP contribution >= 0.6 is 0 Å². The van der Waals surface area contributed by atoms with Crippen LogP contribution in [0.15, 0.2) is 0 Å². The van der Waals surface area contributed by atoms with E-state index in [1.807, 2.05) is 4.68 Å². The third-order valence-electron chi connectivity index (χ3n) is 2.95. The quantitative estimate of drug-likeness (QED) is 0.742. The van der Waals surface area contributed by atoms with Crippen molar-refractivity contribution in [3.63, 3.8) is 0 Å². The number of hydrogen-bond donors (Lipinski definition) is 2. The second-order valence-electron chi connectivity index (χ2n) is 4.68. The molecule has 0 aliphatic carbocycles. The molecule has 0 spiro atoms. The first-order valence-electron chi connectivity index (χ1n) is 6.37. The highest BCUT2D eigenvalue weighted by molar-refractivity contribution is 4.92. The molecule has 0 saturated heterocycles. The molecule has 1 rings (SSSR count). The van der Waals surface area contributed by atoms with E-state index in [4.69, 9.17) is 5.73 Å². The molecule has 5 heteroatoms. The van der Waals surface area contributed by atoms with E-state index in [9.17, 15) is 5.11 Å². The van der Waals surface area contributed by atoms with Crippen molar-refractivity contribution in [1.82, 2.24) is 14.8 Å². The maximum absolute atomic E-state index is 9.81. The molecule has 0 aliphatic rings. The van der Waals surface area contributed by atoms with Gasteiger partial charge in [0, 0.05) is 25.9 Å². The molecule has 0 fully saturated rings. The zero-order valence-corrected chi connectivity index (χ0v) is 11.1. The van der Waals surface area contributed by atoms with Gasteiger partial charge in [0.05, 0.1) is 5.60 Å². The Morgan fingerprint density at radius 1 is 1.35 bits per heavy atom. The normalized spacial score (nSPS) is 14.9. The topological polar surface area (TPSA) is 77.0 Å². The summed E-state index contributed by atoms with van der Waals surface area (Å²) in [7, 11) is 0. The van der Waals surface area contributed by atoms with Gasteiger partial charge in [-0.2, -0.15) is 5.10 Å². The molecular weight excluding hydrogens is 216 g/mol. The Balaban J connectivity index is 2.54. The van der Waals surface area contributed by atoms with Gasteiger partial charge < -0.3 is 10.8 Å². The van der Waals surface area contributed by atoms with Crippen LogP contribution in [0.3, 0.4) is 0 Å². The molecule has 0 aliphatic heterocycles. The number of nitrogens with zero attached hydrogens (tertiary/aromatic N) is 3. The summed E-state index contributed by atoms with van der Waals surface area (Å²) in [5.74, 6) is 1.92. The van der Waals surface area contributed by atoms with E-state index in [1.54, 1.807) is 6.92 Å². The van der Waals surface area contributed by atoms with Gasteiger partial charge in [-0.05, 0) is 19.8 Å². The van der Waals surface area contributed by atoms with Crippen molar-refractivity contribution in [3.05, 3.63) is 11.6 Å². The predicted molar refractivity (Wildman–Crippen MR) is 67.7 cm³/mol. The van der Waals surface area contributed by atoms with Gasteiger partial charge in [-0.25, -0.2) is 9.67 Å². The Hall–Kier alpha value is -0.940. The van der Waals surface area contributed by atoms with E-state index in [2.05, 4.69) is 23.9 Å². The number of hydrogen-bond acceptors (Lipinski definition) is 4. The summed E-state index contributed by atoms with van der Waals surface area (Å²) in [6.07, 6.45) is 3.30. The molecule has 0 amide bonds. The van der Waals surface area contributed by atoms with Crippen molar-refractivity contribution < 1.29 is 5.11 Å². The molecule has 1 unspecified atom stereocenters. The maximum Gasteiger partial charge on any atom is 0.150 e. The molecule has 0 saturated carbocycles. The van der Waals surface area contributed by atoms with Crippen molar-refractivity contribution in [3.8, 4) is 0 Å². The number of nitrogens with two attached hydrogens (primary N) is 1. The van der Waals surface area contributed by atoms with Crippen LogP contribution in [0, 0.1) is 0 Å². The Morgan fingerprint density at radius 3 is 2.59 bits per heavy atom. The minimum absolute atomic E-state index is 0.297. The van der Waals surface area contributed by atoms with Gasteiger partial charge in [0.15, 0.2) is 5.82 Å². The van der Waals surface area contributed by atoms with Gasteiger partial charge in [0.1, 0.15) is 5.82 Å². The summed E-state index contributed by atoms with van der Waals surface area (Å²) in [5.41, 5.74) is 4.72. The van der Waals surface area contributed by atoms with Crippen molar-refractivity contribution >= 4 is 0 Å². The number of rotatable bonds is 7. The molecule has 1 aromatic rings. The lowest BCUT2D eigenvalue weighted by Gasteiger charge is -2.20. The number of aliphatic hydroxyl groups is 1. The number of aryl methyl sites for hydroxylation is 3. The van der Waals surface area contributed by atoms with Crippen LogP contribution < -0.4 is 5.73 Å². The molecule has 17 heavy (non-hydrogen) atoms. The van der Waals surface area contributed by atoms with Crippen LogP contribution in [0.2, 0.25) is 0 Å². The van der Waals surface area contributed by atoms with Gasteiger partial charge in [0.25, 0.3) is 0 Å². The van der Waals surface area contributed by atoms with Gasteiger partial charge in [-0.3, -0.25) is 0 Å². The predicted octanol–water partition coefficient (Wildman–Crippen LogP) is 0.893. The van der Waals surface area contributed by atoms with Crippen molar-refractivity contribution in [1.29, 1.82) is 0 Å². The first-order chi connectivity index (χ1) is 8.02. The van der Waals surface area contributed by atoms with Gasteiger partial charge >= 0.3 is 0 Å². The summed E-state index contributed by atoms with van der Waals surface area (Å²) < 4.78 is 1.95. The Labute approximate surface area is 103 Å². The number of aromatic nitrogens is 3. The second-order valence-corrected chi connectivity index (χ2v) is 4.68. The average molecular weight is 240 g/mol. The first-order valence-corrected chi connectivity index (χ1v) is 6.37. The lowest BCUT2D eigenvalue weighted by Crippen LogP contribution is -2.34. The van der Waals surface area contributed by atoms with Crippen LogP contribution in [0.5, 0.6) is 0 Å². The molecule has 3 N–H and O–H groups in total. The molecule has 5 nitrogen and oxygen atoms in total. The van der Waals surface area contributed by atoms with Crippen LogP contribution in [-0.2, 0) is 19.4 Å². The zero-order valence-electron chi connectivity index (χ0n) is 11.1. The van der Waals surface area contributed by atoms with Crippen LogP contribution in [-0.4, -0.2) is 32.0 Å². The first kappa shape index (κ1) is 14.1. The van der Waals surface area contributed by atoms with Crippen molar-refractivity contribution in [2.24, 2.45) is 5.73 Å². The molecule has 0 radical (unpaired) electrons. The van der Waals surface area contributed by atoms with E-state index >= 15 is 0 Å². The highest BCUT2D eigenvalue weighted by Crippen LogP contribution is 2.11. The van der Waals surface area contributed by atoms with Crippen molar-refractivity contribution in [2.75, 3.05) is 6.54 Å². The van der Waals surface area contributed by atoms with E-state index in [1.165, 1.54) is 0 Å². The Morgan fingerprint density at radius 2 is 2.06 bits per heavy atom. The van der Waals surface area contributed by atoms with Gasteiger partial charge in [0.2, 0.25) is 0 Å². The summed E-state index contributed by atoms with van der Waals surface area (Å²) in [5, 5.41) is 14.2. The third kappa shape index (κ3) is 4.09. The van der Waals surface area contributed by atoms with E-state index < -0.39 is 5.60 Å². The lowest BCUT2D eigenvalue weighted by atomic mass is 10.0. The third-order valence-corrected chi connectivity index (χ3v) is 2.95. The lowest BCUT2D eigenvalue weighted by molar-refractivity contribution is 0.0563. The van der Waals surface area contributed by atoms with Gasteiger partial charge in [-0.1, -0.05) is 13.8 Å². The average Bonchev–Trinajstić information content (AvgIpc) is 2.71. The standard InChI is InChI=1S/C12H24N4O/c1-4-10-14-11(5-2)16(15-10)8-6-7-12(3,17)9-13/h17H,4-9,13H2,1-3H3. The summed E-state index contributed by atoms with van der Waals surface area (Å²) in [6.45, 7) is 7.00. The molecule has 0 aromatic carbocycles. The minimum Gasteiger partial charge on any atom is -0.389 e. The van der Waals surface area contributed by atoms with Crippen LogP contribution in [0.4, 0.5) is 0 Å². The molecule has 1 atom stereocenters. The molecule has 98 valence electrons. The Bertz CT molecular complexity index is 346. The SMILES string of the molecule is CCc1nc(CC)n(CCCC(C)(O)CN)n1. The fourth-order valence-electron chi connectivity index (χ4n) is 1.73. The van der Waals surface area contributed by atoms with Gasteiger partial charge in [-0.15, -0.1) is 0 Å². The highest BCUT2D eigenvalue weighted by Gasteiger charge is 2.17.